The van der Waals surface area contributed by atoms with Crippen molar-refractivity contribution < 1.29 is 18.7 Å². The van der Waals surface area contributed by atoms with E-state index in [1.54, 1.807) is 60.7 Å². The van der Waals surface area contributed by atoms with E-state index in [0.717, 1.165) is 18.5 Å². The summed E-state index contributed by atoms with van der Waals surface area (Å²) < 4.78 is 22.3. The Kier molecular flexibility index (Phi) is 7.36. The van der Waals surface area contributed by atoms with Gasteiger partial charge in [-0.25, -0.2) is 24.7 Å². The summed E-state index contributed by atoms with van der Waals surface area (Å²) in [5.74, 6) is -0.584. The maximum absolute atomic E-state index is 15.0. The molecule has 214 valence electrons. The molecule has 1 saturated carbocycles. The molecule has 1 aliphatic heterocycles. The van der Waals surface area contributed by atoms with Crippen LogP contribution in [0, 0.1) is 12.7 Å². The molecule has 0 bridgehead atoms. The molecule has 42 heavy (non-hydrogen) atoms. The third-order valence-corrected chi connectivity index (χ3v) is 7.09. The number of pyridine rings is 1. The Balaban J connectivity index is 1.15. The molecule has 2 aliphatic rings. The predicted molar refractivity (Wildman–Crippen MR) is 153 cm³/mol. The number of nitrogens with one attached hydrogen (secondary N) is 3. The van der Waals surface area contributed by atoms with E-state index in [2.05, 4.69) is 31.5 Å². The average Bonchev–Trinajstić information content (AvgIpc) is 3.51. The summed E-state index contributed by atoms with van der Waals surface area (Å²) in [6.07, 6.45) is 5.87. The van der Waals surface area contributed by atoms with Crippen molar-refractivity contribution in [2.24, 2.45) is 5.10 Å². The first-order valence-electron chi connectivity index (χ1n) is 13.6. The number of amides is 1. The molecule has 6 rings (SSSR count). The summed E-state index contributed by atoms with van der Waals surface area (Å²) in [7, 11) is 0. The highest BCUT2D eigenvalue weighted by atomic mass is 19.1. The van der Waals surface area contributed by atoms with Gasteiger partial charge in [0.05, 0.1) is 34.9 Å². The first-order valence-corrected chi connectivity index (χ1v) is 13.6. The van der Waals surface area contributed by atoms with E-state index in [9.17, 15) is 14.0 Å². The van der Waals surface area contributed by atoms with Gasteiger partial charge in [-0.1, -0.05) is 24.3 Å². The fourth-order valence-corrected chi connectivity index (χ4v) is 4.65. The van der Waals surface area contributed by atoms with Gasteiger partial charge in [0.25, 0.3) is 5.91 Å². The van der Waals surface area contributed by atoms with Gasteiger partial charge in [-0.2, -0.15) is 0 Å². The number of hydrazone groups is 1. The number of aryl methyl sites for hydroxylation is 1. The number of amidine groups is 1. The highest BCUT2D eigenvalue weighted by molar-refractivity contribution is 6.05. The molecule has 0 radical (unpaired) electrons. The van der Waals surface area contributed by atoms with Gasteiger partial charge in [-0.15, -0.1) is 10.6 Å². The smallest absolute Gasteiger partial charge is 0.338 e. The van der Waals surface area contributed by atoms with Crippen LogP contribution in [-0.2, 0) is 4.74 Å². The van der Waals surface area contributed by atoms with Gasteiger partial charge in [-0.05, 0) is 68.7 Å². The largest absolute Gasteiger partial charge is 0.460 e. The van der Waals surface area contributed by atoms with Gasteiger partial charge < -0.3 is 14.6 Å². The summed E-state index contributed by atoms with van der Waals surface area (Å²) in [5, 5.41) is 8.62. The van der Waals surface area contributed by atoms with Crippen LogP contribution >= 0.6 is 0 Å². The minimum Gasteiger partial charge on any atom is -0.460 e. The molecule has 0 spiro atoms. The van der Waals surface area contributed by atoms with Crippen LogP contribution in [0.3, 0.4) is 0 Å². The minimum absolute atomic E-state index is 0.0754. The van der Waals surface area contributed by atoms with Crippen molar-refractivity contribution in [2.75, 3.05) is 11.9 Å². The fourth-order valence-electron chi connectivity index (χ4n) is 4.65. The number of halogens is 1. The number of hydrazine groups is 2. The Morgan fingerprint density at radius 1 is 1.14 bits per heavy atom. The fraction of sp³-hybridized carbons (Fsp3) is 0.233. The number of imidazole rings is 1. The standard InChI is InChI=1S/C30H29FN8O3/c1-18-13-23(31)22(14-26(18)38-15-25(32-17-38)20-11-12-20)29(40)34-27-10-6-9-24(33-27)28-35-36-37-39(28)19(2)16-42-30(41)21-7-4-3-5-8-21/h3-10,13-15,17,19-20,36-37H,11-12,16H2,1-2H3,(H,33,34,40)/t19-/m1/s1. The summed E-state index contributed by atoms with van der Waals surface area (Å²) in [6.45, 7) is 3.72. The second-order valence-electron chi connectivity index (χ2n) is 10.3. The van der Waals surface area contributed by atoms with Crippen molar-refractivity contribution >= 4 is 23.5 Å². The lowest BCUT2D eigenvalue weighted by atomic mass is 10.1. The van der Waals surface area contributed by atoms with Crippen LogP contribution in [0.15, 0.2) is 78.3 Å². The molecule has 3 N–H and O–H groups in total. The van der Waals surface area contributed by atoms with E-state index in [4.69, 9.17) is 4.74 Å². The molecule has 4 aromatic rings. The maximum atomic E-state index is 15.0. The maximum Gasteiger partial charge on any atom is 0.338 e. The van der Waals surface area contributed by atoms with Gasteiger partial charge in [-0.3, -0.25) is 9.80 Å². The summed E-state index contributed by atoms with van der Waals surface area (Å²) in [5.41, 5.74) is 8.75. The number of nitrogens with zero attached hydrogens (tertiary/aromatic N) is 5. The van der Waals surface area contributed by atoms with Crippen LogP contribution in [0.2, 0.25) is 0 Å². The quantitative estimate of drug-likeness (QED) is 0.258. The van der Waals surface area contributed by atoms with Crippen molar-refractivity contribution in [3.05, 3.63) is 107 Å². The van der Waals surface area contributed by atoms with E-state index in [0.29, 0.717) is 34.3 Å². The molecular weight excluding hydrogens is 539 g/mol. The summed E-state index contributed by atoms with van der Waals surface area (Å²) in [6, 6.07) is 16.3. The lowest BCUT2D eigenvalue weighted by Gasteiger charge is -2.25. The molecular formula is C30H29FN8O3. The number of hydrogen-bond donors (Lipinski definition) is 3. The third kappa shape index (κ3) is 5.70. The Morgan fingerprint density at radius 3 is 2.74 bits per heavy atom. The van der Waals surface area contributed by atoms with E-state index < -0.39 is 17.7 Å². The Hall–Kier alpha value is -5.10. The third-order valence-electron chi connectivity index (χ3n) is 7.09. The van der Waals surface area contributed by atoms with E-state index >= 15 is 0 Å². The predicted octanol–water partition coefficient (Wildman–Crippen LogP) is 4.08. The minimum atomic E-state index is -0.636. The van der Waals surface area contributed by atoms with Gasteiger partial charge in [0.15, 0.2) is 5.84 Å². The highest BCUT2D eigenvalue weighted by Crippen LogP contribution is 2.39. The lowest BCUT2D eigenvalue weighted by molar-refractivity contribution is 0.0394. The van der Waals surface area contributed by atoms with Gasteiger partial charge in [0.1, 0.15) is 23.9 Å². The number of carbonyl (C=O) groups is 2. The average molecular weight is 569 g/mol. The van der Waals surface area contributed by atoms with Crippen molar-refractivity contribution in [3.8, 4) is 5.69 Å². The summed E-state index contributed by atoms with van der Waals surface area (Å²) >= 11 is 0. The first kappa shape index (κ1) is 27.1. The van der Waals surface area contributed by atoms with E-state index in [-0.39, 0.29) is 24.0 Å². The number of ether oxygens (including phenoxy) is 1. The number of aromatic nitrogens is 3. The lowest BCUT2D eigenvalue weighted by Crippen LogP contribution is -2.49. The molecule has 12 heteroatoms. The molecule has 1 fully saturated rings. The van der Waals surface area contributed by atoms with Gasteiger partial charge in [0, 0.05) is 12.1 Å². The SMILES string of the molecule is Cc1cc(F)c(C(=O)Nc2cccc(C3=NNNN3[C@H](C)COC(=O)c3ccccc3)n2)cc1-n1cnc(C2CC2)c1. The second-order valence-corrected chi connectivity index (χ2v) is 10.3. The molecule has 1 aliphatic carbocycles. The molecule has 1 amide bonds. The molecule has 0 saturated heterocycles. The zero-order valence-corrected chi connectivity index (χ0v) is 23.0. The number of anilines is 1. The van der Waals surface area contributed by atoms with Crippen molar-refractivity contribution in [3.63, 3.8) is 0 Å². The van der Waals surface area contributed by atoms with Crippen molar-refractivity contribution in [1.82, 2.24) is 30.6 Å². The molecule has 2 aromatic carbocycles. The zero-order chi connectivity index (χ0) is 29.2. The topological polar surface area (TPSA) is 126 Å². The molecule has 0 unspecified atom stereocenters. The Labute approximate surface area is 241 Å². The summed E-state index contributed by atoms with van der Waals surface area (Å²) in [4.78, 5) is 34.6. The van der Waals surface area contributed by atoms with Crippen molar-refractivity contribution in [2.45, 2.75) is 38.6 Å². The number of benzene rings is 2. The normalized spacial score (nSPS) is 15.1. The zero-order valence-electron chi connectivity index (χ0n) is 23.0. The second kappa shape index (κ2) is 11.4. The molecule has 1 atom stereocenters. The van der Waals surface area contributed by atoms with Crippen molar-refractivity contribution in [1.29, 1.82) is 0 Å². The number of hydrogen-bond acceptors (Lipinski definition) is 9. The van der Waals surface area contributed by atoms with Crippen LogP contribution in [-0.4, -0.2) is 49.9 Å². The van der Waals surface area contributed by atoms with Crippen LogP contribution in [0.5, 0.6) is 0 Å². The number of rotatable bonds is 9. The van der Waals surface area contributed by atoms with Crippen LogP contribution in [0.4, 0.5) is 10.2 Å². The number of carbonyl (C=O) groups excluding carboxylic acids is 2. The highest BCUT2D eigenvalue weighted by Gasteiger charge is 2.28. The first-order chi connectivity index (χ1) is 20.4. The van der Waals surface area contributed by atoms with Gasteiger partial charge in [0.2, 0.25) is 0 Å². The molecule has 2 aromatic heterocycles. The molecule has 3 heterocycles. The molecule has 11 nitrogen and oxygen atoms in total. The van der Waals surface area contributed by atoms with Crippen LogP contribution in [0.25, 0.3) is 5.69 Å². The monoisotopic (exact) mass is 568 g/mol. The Bertz CT molecular complexity index is 1670. The van der Waals surface area contributed by atoms with E-state index in [1.807, 2.05) is 23.8 Å². The van der Waals surface area contributed by atoms with E-state index in [1.165, 1.54) is 12.1 Å². The van der Waals surface area contributed by atoms with Gasteiger partial charge >= 0.3 is 5.97 Å². The van der Waals surface area contributed by atoms with Crippen LogP contribution < -0.4 is 16.4 Å². The Morgan fingerprint density at radius 2 is 1.95 bits per heavy atom. The number of esters is 1. The van der Waals surface area contributed by atoms with Crippen LogP contribution in [0.1, 0.15) is 63.4 Å².